The summed E-state index contributed by atoms with van der Waals surface area (Å²) in [5.41, 5.74) is 2.30. The van der Waals surface area contributed by atoms with Crippen molar-refractivity contribution in [2.45, 2.75) is 26.2 Å². The molecule has 0 spiro atoms. The Kier molecular flexibility index (Phi) is 1.47. The van der Waals surface area contributed by atoms with Gasteiger partial charge in [-0.3, -0.25) is 0 Å². The van der Waals surface area contributed by atoms with Gasteiger partial charge in [-0.05, 0) is 31.7 Å². The van der Waals surface area contributed by atoms with Crippen LogP contribution in [0.25, 0.3) is 0 Å². The molecule has 1 aliphatic carbocycles. The van der Waals surface area contributed by atoms with E-state index in [2.05, 4.69) is 6.07 Å². The lowest BCUT2D eigenvalue weighted by Crippen LogP contribution is -1.80. The molecule has 1 aliphatic rings. The molecule has 2 heteroatoms. The molecule has 56 valence electrons. The fraction of sp³-hybridized carbons (Fsp3) is 0.444. The number of aryl methyl sites for hydroxylation is 2. The van der Waals surface area contributed by atoms with E-state index in [0.29, 0.717) is 0 Å². The molecule has 1 nitrogen and oxygen atoms in total. The number of thiophene rings is 1. The minimum atomic E-state index is 0.961. The van der Waals surface area contributed by atoms with Gasteiger partial charge >= 0.3 is 0 Å². The van der Waals surface area contributed by atoms with Crippen LogP contribution in [0.3, 0.4) is 0 Å². The van der Waals surface area contributed by atoms with E-state index in [1.54, 1.807) is 11.3 Å². The fourth-order valence-corrected chi connectivity index (χ4v) is 2.90. The Morgan fingerprint density at radius 1 is 1.45 bits per heavy atom. The molecule has 0 aromatic carbocycles. The summed E-state index contributed by atoms with van der Waals surface area (Å²) in [6.45, 7) is 2.04. The van der Waals surface area contributed by atoms with Crippen LogP contribution < -0.4 is 0 Å². The van der Waals surface area contributed by atoms with Crippen LogP contribution in [-0.4, -0.2) is 0 Å². The number of nitrogens with zero attached hydrogens (tertiary/aromatic N) is 1. The zero-order valence-corrected chi connectivity index (χ0v) is 7.29. The van der Waals surface area contributed by atoms with E-state index in [4.69, 9.17) is 5.26 Å². The molecule has 0 atom stereocenters. The van der Waals surface area contributed by atoms with Gasteiger partial charge in [0.1, 0.15) is 6.07 Å². The van der Waals surface area contributed by atoms with Gasteiger partial charge in [0.05, 0.1) is 5.56 Å². The van der Waals surface area contributed by atoms with E-state index in [-0.39, 0.29) is 0 Å². The van der Waals surface area contributed by atoms with Gasteiger partial charge in [-0.25, -0.2) is 0 Å². The Labute approximate surface area is 70.3 Å². The molecule has 0 aliphatic heterocycles. The highest BCUT2D eigenvalue weighted by atomic mass is 32.1. The first-order valence-corrected chi connectivity index (χ1v) is 4.66. The molecule has 0 N–H and O–H groups in total. The fourth-order valence-electron chi connectivity index (χ4n) is 1.69. The lowest BCUT2D eigenvalue weighted by molar-refractivity contribution is 0.913. The zero-order valence-electron chi connectivity index (χ0n) is 6.48. The number of hydrogen-bond donors (Lipinski definition) is 0. The Bertz CT molecular complexity index is 330. The smallest absolute Gasteiger partial charge is 0.101 e. The molecule has 0 saturated carbocycles. The van der Waals surface area contributed by atoms with Gasteiger partial charge in [0.25, 0.3) is 0 Å². The average molecular weight is 163 g/mol. The Balaban J connectivity index is 2.63. The number of rotatable bonds is 0. The minimum Gasteiger partial charge on any atom is -0.192 e. The second-order valence-electron chi connectivity index (χ2n) is 2.90. The van der Waals surface area contributed by atoms with Crippen LogP contribution in [0, 0.1) is 18.3 Å². The maximum absolute atomic E-state index is 8.83. The minimum absolute atomic E-state index is 0.961. The van der Waals surface area contributed by atoms with E-state index in [9.17, 15) is 0 Å². The monoisotopic (exact) mass is 163 g/mol. The summed E-state index contributed by atoms with van der Waals surface area (Å²) in [6, 6.07) is 2.29. The summed E-state index contributed by atoms with van der Waals surface area (Å²) in [4.78, 5) is 2.66. The van der Waals surface area contributed by atoms with E-state index < -0.39 is 0 Å². The molecule has 11 heavy (non-hydrogen) atoms. The second kappa shape index (κ2) is 2.35. The summed E-state index contributed by atoms with van der Waals surface area (Å²) in [5.74, 6) is 0. The quantitative estimate of drug-likeness (QED) is 0.576. The highest BCUT2D eigenvalue weighted by molar-refractivity contribution is 7.12. The molecule has 0 saturated heterocycles. The largest absolute Gasteiger partial charge is 0.192 e. The molecular weight excluding hydrogens is 154 g/mol. The third kappa shape index (κ3) is 0.883. The van der Waals surface area contributed by atoms with E-state index >= 15 is 0 Å². The van der Waals surface area contributed by atoms with Gasteiger partial charge in [-0.2, -0.15) is 5.26 Å². The number of fused-ring (bicyclic) bond motifs is 1. The van der Waals surface area contributed by atoms with Gasteiger partial charge < -0.3 is 0 Å². The summed E-state index contributed by atoms with van der Waals surface area (Å²) in [5, 5.41) is 8.83. The predicted molar refractivity (Wildman–Crippen MR) is 45.8 cm³/mol. The van der Waals surface area contributed by atoms with Crippen LogP contribution >= 0.6 is 11.3 Å². The summed E-state index contributed by atoms with van der Waals surface area (Å²) in [7, 11) is 0. The standard InChI is InChI=1S/C9H9NS/c1-6-8(5-10)7-3-2-4-9(7)11-6/h2-4H2,1H3. The Morgan fingerprint density at radius 2 is 2.27 bits per heavy atom. The SMILES string of the molecule is Cc1sc2c(c1C#N)CCC2. The summed E-state index contributed by atoms with van der Waals surface area (Å²) in [6.07, 6.45) is 3.57. The van der Waals surface area contributed by atoms with Crippen molar-refractivity contribution >= 4 is 11.3 Å². The Hall–Kier alpha value is -0.810. The third-order valence-electron chi connectivity index (χ3n) is 2.21. The maximum Gasteiger partial charge on any atom is 0.101 e. The van der Waals surface area contributed by atoms with Crippen molar-refractivity contribution in [2.24, 2.45) is 0 Å². The van der Waals surface area contributed by atoms with Gasteiger partial charge in [0, 0.05) is 9.75 Å². The molecule has 0 fully saturated rings. The lowest BCUT2D eigenvalue weighted by Gasteiger charge is -1.88. The van der Waals surface area contributed by atoms with Crippen LogP contribution in [0.5, 0.6) is 0 Å². The van der Waals surface area contributed by atoms with E-state index in [1.807, 2.05) is 6.92 Å². The van der Waals surface area contributed by atoms with Crippen molar-refractivity contribution in [2.75, 3.05) is 0 Å². The summed E-state index contributed by atoms with van der Waals surface area (Å²) < 4.78 is 0. The first-order valence-electron chi connectivity index (χ1n) is 3.84. The van der Waals surface area contributed by atoms with E-state index in [0.717, 1.165) is 12.0 Å². The van der Waals surface area contributed by atoms with Crippen molar-refractivity contribution in [1.29, 1.82) is 5.26 Å². The van der Waals surface area contributed by atoms with E-state index in [1.165, 1.54) is 28.2 Å². The van der Waals surface area contributed by atoms with Gasteiger partial charge in [-0.15, -0.1) is 11.3 Å². The second-order valence-corrected chi connectivity index (χ2v) is 4.21. The number of hydrogen-bond acceptors (Lipinski definition) is 2. The molecule has 1 aromatic rings. The molecule has 0 radical (unpaired) electrons. The Morgan fingerprint density at radius 3 is 3.00 bits per heavy atom. The molecule has 1 aromatic heterocycles. The first kappa shape index (κ1) is 6.87. The highest BCUT2D eigenvalue weighted by Crippen LogP contribution is 2.34. The topological polar surface area (TPSA) is 23.8 Å². The third-order valence-corrected chi connectivity index (χ3v) is 3.42. The van der Waals surface area contributed by atoms with Crippen LogP contribution in [0.4, 0.5) is 0 Å². The maximum atomic E-state index is 8.83. The lowest BCUT2D eigenvalue weighted by atomic mass is 10.1. The molecule has 1 heterocycles. The van der Waals surface area contributed by atoms with Gasteiger partial charge in [-0.1, -0.05) is 0 Å². The van der Waals surface area contributed by atoms with Crippen LogP contribution in [0.2, 0.25) is 0 Å². The van der Waals surface area contributed by atoms with Crippen molar-refractivity contribution in [3.05, 3.63) is 20.9 Å². The van der Waals surface area contributed by atoms with Gasteiger partial charge in [0.2, 0.25) is 0 Å². The molecular formula is C9H9NS. The predicted octanol–water partition coefficient (Wildman–Crippen LogP) is 2.42. The first-order chi connectivity index (χ1) is 5.33. The average Bonchev–Trinajstić information content (AvgIpc) is 2.46. The van der Waals surface area contributed by atoms with Crippen LogP contribution in [0.1, 0.15) is 27.3 Å². The van der Waals surface area contributed by atoms with Crippen molar-refractivity contribution in [3.8, 4) is 6.07 Å². The van der Waals surface area contributed by atoms with Crippen molar-refractivity contribution in [3.63, 3.8) is 0 Å². The molecule has 0 bridgehead atoms. The molecule has 2 rings (SSSR count). The number of nitriles is 1. The molecule has 0 amide bonds. The molecule has 0 unspecified atom stereocenters. The van der Waals surface area contributed by atoms with Crippen LogP contribution in [-0.2, 0) is 12.8 Å². The highest BCUT2D eigenvalue weighted by Gasteiger charge is 2.19. The van der Waals surface area contributed by atoms with Crippen molar-refractivity contribution in [1.82, 2.24) is 0 Å². The van der Waals surface area contributed by atoms with Gasteiger partial charge in [0.15, 0.2) is 0 Å². The zero-order chi connectivity index (χ0) is 7.84. The summed E-state index contributed by atoms with van der Waals surface area (Å²) >= 11 is 1.81. The van der Waals surface area contributed by atoms with Crippen LogP contribution in [0.15, 0.2) is 0 Å². The normalized spacial score (nSPS) is 14.5. The van der Waals surface area contributed by atoms with Crippen molar-refractivity contribution < 1.29 is 0 Å².